The first-order valence-corrected chi connectivity index (χ1v) is 7.74. The van der Waals surface area contributed by atoms with Gasteiger partial charge >= 0.3 is 5.97 Å². The Balaban J connectivity index is 1.80. The first kappa shape index (κ1) is 15.3. The highest BCUT2D eigenvalue weighted by molar-refractivity contribution is 5.87. The highest BCUT2D eigenvalue weighted by atomic mass is 16.5. The molecule has 5 nitrogen and oxygen atoms in total. The van der Waals surface area contributed by atoms with Crippen LogP contribution in [0.2, 0.25) is 0 Å². The lowest BCUT2D eigenvalue weighted by Crippen LogP contribution is -2.57. The quantitative estimate of drug-likeness (QED) is 0.810. The predicted octanol–water partition coefficient (Wildman–Crippen LogP) is 2.10. The van der Waals surface area contributed by atoms with Crippen molar-refractivity contribution in [2.45, 2.75) is 63.3 Å². The smallest absolute Gasteiger partial charge is 0.329 e. The molecule has 114 valence electrons. The summed E-state index contributed by atoms with van der Waals surface area (Å²) in [6, 6.07) is 0. The molecule has 0 bridgehead atoms. The van der Waals surface area contributed by atoms with Crippen LogP contribution in [-0.2, 0) is 14.3 Å². The minimum Gasteiger partial charge on any atom is -0.480 e. The number of carboxylic acids is 1. The van der Waals surface area contributed by atoms with Crippen molar-refractivity contribution in [1.29, 1.82) is 0 Å². The molecule has 2 rings (SSSR count). The second-order valence-corrected chi connectivity index (χ2v) is 6.09. The molecule has 0 radical (unpaired) electrons. The fourth-order valence-electron chi connectivity index (χ4n) is 3.25. The summed E-state index contributed by atoms with van der Waals surface area (Å²) in [6.07, 6.45) is 8.32. The highest BCUT2D eigenvalue weighted by Gasteiger charge is 2.41. The van der Waals surface area contributed by atoms with Crippen LogP contribution in [0.5, 0.6) is 0 Å². The van der Waals surface area contributed by atoms with Gasteiger partial charge in [0.05, 0.1) is 0 Å². The molecule has 2 fully saturated rings. The zero-order valence-electron chi connectivity index (χ0n) is 12.0. The van der Waals surface area contributed by atoms with Crippen LogP contribution in [0.1, 0.15) is 57.8 Å². The number of hydrogen-bond donors (Lipinski definition) is 2. The maximum Gasteiger partial charge on any atom is 0.329 e. The number of carbonyl (C=O) groups is 2. The number of aliphatic carboxylic acids is 1. The molecule has 1 saturated carbocycles. The van der Waals surface area contributed by atoms with Gasteiger partial charge in [-0.3, -0.25) is 4.79 Å². The van der Waals surface area contributed by atoms with E-state index in [0.717, 1.165) is 6.42 Å². The molecule has 0 aromatic heterocycles. The molecule has 0 aromatic rings. The first-order chi connectivity index (χ1) is 9.62. The Hall–Kier alpha value is -1.10. The van der Waals surface area contributed by atoms with E-state index in [1.165, 1.54) is 32.1 Å². The van der Waals surface area contributed by atoms with Gasteiger partial charge in [-0.15, -0.1) is 0 Å². The summed E-state index contributed by atoms with van der Waals surface area (Å²) in [5.74, 6) is -0.420. The van der Waals surface area contributed by atoms with E-state index in [9.17, 15) is 14.7 Å². The Labute approximate surface area is 120 Å². The minimum absolute atomic E-state index is 0.125. The van der Waals surface area contributed by atoms with Crippen LogP contribution in [0.25, 0.3) is 0 Å². The Morgan fingerprint density at radius 1 is 1.15 bits per heavy atom. The standard InChI is InChI=1S/C15H25NO4/c17-13(7-6-12-4-2-1-3-5-12)16-15(14(18)19)8-10-20-11-9-15/h12H,1-11H2,(H,16,17)(H,18,19). The van der Waals surface area contributed by atoms with Crippen LogP contribution < -0.4 is 5.32 Å². The van der Waals surface area contributed by atoms with Gasteiger partial charge in [0.2, 0.25) is 5.91 Å². The largest absolute Gasteiger partial charge is 0.480 e. The molecular weight excluding hydrogens is 258 g/mol. The zero-order valence-corrected chi connectivity index (χ0v) is 12.0. The van der Waals surface area contributed by atoms with Gasteiger partial charge in [0, 0.05) is 32.5 Å². The number of carboxylic acid groups (broad SMARTS) is 1. The molecule has 1 amide bonds. The lowest BCUT2D eigenvalue weighted by Gasteiger charge is -2.34. The molecule has 0 spiro atoms. The molecule has 0 atom stereocenters. The third-order valence-corrected chi connectivity index (χ3v) is 4.64. The lowest BCUT2D eigenvalue weighted by molar-refractivity contribution is -0.152. The van der Waals surface area contributed by atoms with Gasteiger partial charge in [0.25, 0.3) is 0 Å². The molecule has 1 aliphatic heterocycles. The molecular formula is C15H25NO4. The van der Waals surface area contributed by atoms with E-state index in [0.29, 0.717) is 38.4 Å². The Kier molecular flexibility index (Phi) is 5.40. The van der Waals surface area contributed by atoms with Crippen LogP contribution in [0, 0.1) is 5.92 Å². The van der Waals surface area contributed by atoms with E-state index >= 15 is 0 Å². The molecule has 1 aliphatic carbocycles. The molecule has 2 N–H and O–H groups in total. The molecule has 1 heterocycles. The van der Waals surface area contributed by atoms with Crippen LogP contribution >= 0.6 is 0 Å². The van der Waals surface area contributed by atoms with E-state index in [1.807, 2.05) is 0 Å². The van der Waals surface area contributed by atoms with E-state index < -0.39 is 11.5 Å². The van der Waals surface area contributed by atoms with Gasteiger partial charge in [-0.25, -0.2) is 4.79 Å². The summed E-state index contributed by atoms with van der Waals surface area (Å²) in [7, 11) is 0. The Morgan fingerprint density at radius 2 is 1.80 bits per heavy atom. The third-order valence-electron chi connectivity index (χ3n) is 4.64. The fraction of sp³-hybridized carbons (Fsp3) is 0.867. The average molecular weight is 283 g/mol. The predicted molar refractivity (Wildman–Crippen MR) is 74.4 cm³/mol. The Morgan fingerprint density at radius 3 is 2.40 bits per heavy atom. The monoisotopic (exact) mass is 283 g/mol. The molecule has 2 aliphatic rings. The van der Waals surface area contributed by atoms with Gasteiger partial charge in [-0.2, -0.15) is 0 Å². The molecule has 5 heteroatoms. The second kappa shape index (κ2) is 7.07. The average Bonchev–Trinajstić information content (AvgIpc) is 2.47. The van der Waals surface area contributed by atoms with Crippen molar-refractivity contribution in [3.63, 3.8) is 0 Å². The van der Waals surface area contributed by atoms with Crippen molar-refractivity contribution in [1.82, 2.24) is 5.32 Å². The summed E-state index contributed by atoms with van der Waals surface area (Å²) < 4.78 is 5.20. The van der Waals surface area contributed by atoms with Gasteiger partial charge in [0.1, 0.15) is 5.54 Å². The normalized spacial score (nSPS) is 23.2. The summed E-state index contributed by atoms with van der Waals surface area (Å²) in [4.78, 5) is 23.5. The van der Waals surface area contributed by atoms with Crippen molar-refractivity contribution in [2.75, 3.05) is 13.2 Å². The lowest BCUT2D eigenvalue weighted by atomic mass is 9.85. The topological polar surface area (TPSA) is 75.6 Å². The van der Waals surface area contributed by atoms with Crippen LogP contribution in [0.4, 0.5) is 0 Å². The van der Waals surface area contributed by atoms with Crippen molar-refractivity contribution < 1.29 is 19.4 Å². The van der Waals surface area contributed by atoms with Gasteiger partial charge in [-0.05, 0) is 12.3 Å². The van der Waals surface area contributed by atoms with Gasteiger partial charge in [0.15, 0.2) is 0 Å². The highest BCUT2D eigenvalue weighted by Crippen LogP contribution is 2.27. The summed E-state index contributed by atoms with van der Waals surface area (Å²) in [5, 5.41) is 12.1. The number of amides is 1. The van der Waals surface area contributed by atoms with Crippen LogP contribution in [0.15, 0.2) is 0 Å². The molecule has 0 aromatic carbocycles. The van der Waals surface area contributed by atoms with E-state index in [1.54, 1.807) is 0 Å². The fourth-order valence-corrected chi connectivity index (χ4v) is 3.25. The zero-order chi connectivity index (χ0) is 14.4. The number of ether oxygens (including phenoxy) is 1. The van der Waals surface area contributed by atoms with Crippen LogP contribution in [0.3, 0.4) is 0 Å². The summed E-state index contributed by atoms with van der Waals surface area (Å²) in [6.45, 7) is 0.796. The second-order valence-electron chi connectivity index (χ2n) is 6.09. The molecule has 1 saturated heterocycles. The van der Waals surface area contributed by atoms with Crippen molar-refractivity contribution in [2.24, 2.45) is 5.92 Å². The number of carbonyl (C=O) groups excluding carboxylic acids is 1. The third kappa shape index (κ3) is 3.95. The SMILES string of the molecule is O=C(CCC1CCCCC1)NC1(C(=O)O)CCOCC1. The van der Waals surface area contributed by atoms with E-state index in [4.69, 9.17) is 4.74 Å². The number of rotatable bonds is 5. The van der Waals surface area contributed by atoms with Crippen molar-refractivity contribution in [3.05, 3.63) is 0 Å². The summed E-state index contributed by atoms with van der Waals surface area (Å²) >= 11 is 0. The van der Waals surface area contributed by atoms with E-state index in [2.05, 4.69) is 5.32 Å². The van der Waals surface area contributed by atoms with Gasteiger partial charge < -0.3 is 15.2 Å². The van der Waals surface area contributed by atoms with Crippen molar-refractivity contribution >= 4 is 11.9 Å². The Bertz CT molecular complexity index is 344. The maximum absolute atomic E-state index is 12.0. The summed E-state index contributed by atoms with van der Waals surface area (Å²) in [5.41, 5.74) is -1.11. The van der Waals surface area contributed by atoms with E-state index in [-0.39, 0.29) is 5.91 Å². The van der Waals surface area contributed by atoms with Gasteiger partial charge in [-0.1, -0.05) is 32.1 Å². The van der Waals surface area contributed by atoms with Crippen LogP contribution in [-0.4, -0.2) is 35.7 Å². The first-order valence-electron chi connectivity index (χ1n) is 7.74. The van der Waals surface area contributed by atoms with Crippen molar-refractivity contribution in [3.8, 4) is 0 Å². The number of nitrogens with one attached hydrogen (secondary N) is 1. The maximum atomic E-state index is 12.0. The molecule has 20 heavy (non-hydrogen) atoms. The minimum atomic E-state index is -1.11. The number of hydrogen-bond acceptors (Lipinski definition) is 3. The molecule has 0 unspecified atom stereocenters.